The predicted octanol–water partition coefficient (Wildman–Crippen LogP) is 3.53. The minimum atomic E-state index is -0.207. The van der Waals surface area contributed by atoms with Crippen LogP contribution in [0.2, 0.25) is 0 Å². The molecule has 0 aliphatic heterocycles. The van der Waals surface area contributed by atoms with E-state index in [1.807, 2.05) is 6.92 Å². The van der Waals surface area contributed by atoms with E-state index in [0.717, 1.165) is 30.6 Å². The predicted molar refractivity (Wildman–Crippen MR) is 73.3 cm³/mol. The van der Waals surface area contributed by atoms with Crippen LogP contribution >= 0.6 is 0 Å². The van der Waals surface area contributed by atoms with E-state index < -0.39 is 0 Å². The molecule has 1 aromatic carbocycles. The second-order valence-corrected chi connectivity index (χ2v) is 4.99. The highest BCUT2D eigenvalue weighted by Gasteiger charge is 2.09. The molecule has 1 unspecified atom stereocenters. The van der Waals surface area contributed by atoms with Crippen molar-refractivity contribution in [1.29, 1.82) is 0 Å². The van der Waals surface area contributed by atoms with Crippen LogP contribution in [0.3, 0.4) is 0 Å². The molecule has 0 amide bonds. The molecule has 0 aliphatic carbocycles. The number of hydrogen-bond acceptors (Lipinski definition) is 2. The van der Waals surface area contributed by atoms with Crippen molar-refractivity contribution in [3.05, 3.63) is 29.6 Å². The van der Waals surface area contributed by atoms with Gasteiger partial charge in [-0.1, -0.05) is 13.8 Å². The molecular formula is C15H24FNO. The summed E-state index contributed by atoms with van der Waals surface area (Å²) < 4.78 is 18.7. The zero-order chi connectivity index (χ0) is 13.5. The molecule has 2 N–H and O–H groups in total. The summed E-state index contributed by atoms with van der Waals surface area (Å²) in [4.78, 5) is 0. The number of hydrogen-bond donors (Lipinski definition) is 1. The lowest BCUT2D eigenvalue weighted by Gasteiger charge is -2.16. The Morgan fingerprint density at radius 2 is 2.06 bits per heavy atom. The fourth-order valence-corrected chi connectivity index (χ4v) is 1.90. The smallest absolute Gasteiger partial charge is 0.123 e. The lowest BCUT2D eigenvalue weighted by Crippen LogP contribution is -2.26. The van der Waals surface area contributed by atoms with Crippen molar-refractivity contribution in [1.82, 2.24) is 0 Å². The maximum Gasteiger partial charge on any atom is 0.123 e. The average molecular weight is 253 g/mol. The zero-order valence-electron chi connectivity index (χ0n) is 11.6. The van der Waals surface area contributed by atoms with Crippen LogP contribution in [0.5, 0.6) is 5.75 Å². The summed E-state index contributed by atoms with van der Waals surface area (Å²) >= 11 is 0. The fraction of sp³-hybridized carbons (Fsp3) is 0.600. The van der Waals surface area contributed by atoms with Crippen LogP contribution < -0.4 is 10.5 Å². The third-order valence-electron chi connectivity index (χ3n) is 3.16. The van der Waals surface area contributed by atoms with Gasteiger partial charge < -0.3 is 10.5 Å². The minimum absolute atomic E-state index is 0.207. The van der Waals surface area contributed by atoms with Crippen molar-refractivity contribution in [2.75, 3.05) is 6.61 Å². The van der Waals surface area contributed by atoms with Crippen molar-refractivity contribution < 1.29 is 9.13 Å². The van der Waals surface area contributed by atoms with E-state index in [2.05, 4.69) is 13.8 Å². The summed E-state index contributed by atoms with van der Waals surface area (Å²) in [6.45, 7) is 6.78. The van der Waals surface area contributed by atoms with Crippen LogP contribution in [-0.2, 0) is 6.42 Å². The third-order valence-corrected chi connectivity index (χ3v) is 3.16. The molecule has 3 heteroatoms. The largest absolute Gasteiger partial charge is 0.494 e. The summed E-state index contributed by atoms with van der Waals surface area (Å²) in [6.07, 6.45) is 2.73. The molecule has 0 saturated heterocycles. The molecule has 0 spiro atoms. The summed E-state index contributed by atoms with van der Waals surface area (Å²) in [5, 5.41) is 0. The van der Waals surface area contributed by atoms with Gasteiger partial charge in [0, 0.05) is 6.04 Å². The van der Waals surface area contributed by atoms with E-state index >= 15 is 0 Å². The topological polar surface area (TPSA) is 35.2 Å². The molecule has 0 heterocycles. The van der Waals surface area contributed by atoms with Gasteiger partial charge in [-0.15, -0.1) is 0 Å². The van der Waals surface area contributed by atoms with Crippen molar-refractivity contribution >= 4 is 0 Å². The van der Waals surface area contributed by atoms with E-state index in [9.17, 15) is 4.39 Å². The third kappa shape index (κ3) is 4.65. The first-order valence-corrected chi connectivity index (χ1v) is 6.71. The Bertz CT molecular complexity index is 366. The molecule has 0 bridgehead atoms. The van der Waals surface area contributed by atoms with Gasteiger partial charge in [-0.05, 0) is 55.9 Å². The van der Waals surface area contributed by atoms with Gasteiger partial charge in [-0.2, -0.15) is 0 Å². The van der Waals surface area contributed by atoms with Gasteiger partial charge in [0.05, 0.1) is 6.61 Å². The van der Waals surface area contributed by atoms with Crippen LogP contribution in [0.15, 0.2) is 18.2 Å². The van der Waals surface area contributed by atoms with Crippen LogP contribution in [0.25, 0.3) is 0 Å². The molecule has 0 radical (unpaired) electrons. The molecule has 102 valence electrons. The SMILES string of the molecule is CCOc1ccc(F)cc1CCCC(N)C(C)C. The first kappa shape index (κ1) is 15.0. The highest BCUT2D eigenvalue weighted by molar-refractivity contribution is 5.34. The number of ether oxygens (including phenoxy) is 1. The molecule has 1 rings (SSSR count). The van der Waals surface area contributed by atoms with Gasteiger partial charge >= 0.3 is 0 Å². The van der Waals surface area contributed by atoms with E-state index in [4.69, 9.17) is 10.5 Å². The number of rotatable bonds is 7. The molecule has 0 saturated carbocycles. The number of aryl methyl sites for hydroxylation is 1. The molecule has 1 atom stereocenters. The van der Waals surface area contributed by atoms with E-state index in [1.54, 1.807) is 12.1 Å². The normalized spacial score (nSPS) is 12.8. The van der Waals surface area contributed by atoms with Crippen LogP contribution in [-0.4, -0.2) is 12.6 Å². The van der Waals surface area contributed by atoms with Crippen molar-refractivity contribution in [2.45, 2.75) is 46.1 Å². The Morgan fingerprint density at radius 3 is 2.67 bits per heavy atom. The summed E-state index contributed by atoms with van der Waals surface area (Å²) in [5.41, 5.74) is 6.94. The molecule has 0 fully saturated rings. The van der Waals surface area contributed by atoms with Crippen LogP contribution in [0, 0.1) is 11.7 Å². The Balaban J connectivity index is 2.57. The van der Waals surface area contributed by atoms with Gasteiger partial charge in [-0.3, -0.25) is 0 Å². The zero-order valence-corrected chi connectivity index (χ0v) is 11.6. The lowest BCUT2D eigenvalue weighted by molar-refractivity contribution is 0.335. The lowest BCUT2D eigenvalue weighted by atomic mass is 9.97. The standard InChI is InChI=1S/C15H24FNO/c1-4-18-15-9-8-13(16)10-12(15)6-5-7-14(17)11(2)3/h8-11,14H,4-7,17H2,1-3H3. The maximum atomic E-state index is 13.2. The minimum Gasteiger partial charge on any atom is -0.494 e. The van der Waals surface area contributed by atoms with Gasteiger partial charge in [0.25, 0.3) is 0 Å². The second kappa shape index (κ2) is 7.37. The van der Waals surface area contributed by atoms with Crippen molar-refractivity contribution in [2.24, 2.45) is 11.7 Å². The quantitative estimate of drug-likeness (QED) is 0.806. The molecule has 0 aliphatic rings. The number of nitrogens with two attached hydrogens (primary N) is 1. The average Bonchev–Trinajstić information content (AvgIpc) is 2.32. The maximum absolute atomic E-state index is 13.2. The molecule has 0 aromatic heterocycles. The Labute approximate surface area is 109 Å². The summed E-state index contributed by atoms with van der Waals surface area (Å²) in [7, 11) is 0. The van der Waals surface area contributed by atoms with Gasteiger partial charge in [0.2, 0.25) is 0 Å². The fourth-order valence-electron chi connectivity index (χ4n) is 1.90. The van der Waals surface area contributed by atoms with Crippen molar-refractivity contribution in [3.8, 4) is 5.75 Å². The van der Waals surface area contributed by atoms with E-state index in [-0.39, 0.29) is 11.9 Å². The number of benzene rings is 1. The first-order chi connectivity index (χ1) is 8.54. The monoisotopic (exact) mass is 253 g/mol. The highest BCUT2D eigenvalue weighted by Crippen LogP contribution is 2.22. The Morgan fingerprint density at radius 1 is 1.33 bits per heavy atom. The van der Waals surface area contributed by atoms with Gasteiger partial charge in [0.1, 0.15) is 11.6 Å². The highest BCUT2D eigenvalue weighted by atomic mass is 19.1. The molecule has 18 heavy (non-hydrogen) atoms. The molecule has 2 nitrogen and oxygen atoms in total. The van der Waals surface area contributed by atoms with Crippen LogP contribution in [0.4, 0.5) is 4.39 Å². The molecular weight excluding hydrogens is 229 g/mol. The summed E-state index contributed by atoms with van der Waals surface area (Å²) in [6, 6.07) is 4.92. The molecule has 1 aromatic rings. The summed E-state index contributed by atoms with van der Waals surface area (Å²) in [5.74, 6) is 1.07. The van der Waals surface area contributed by atoms with Gasteiger partial charge in [0.15, 0.2) is 0 Å². The Hall–Kier alpha value is -1.09. The van der Waals surface area contributed by atoms with Crippen molar-refractivity contribution in [3.63, 3.8) is 0 Å². The van der Waals surface area contributed by atoms with Gasteiger partial charge in [-0.25, -0.2) is 4.39 Å². The Kier molecular flexibility index (Phi) is 6.13. The van der Waals surface area contributed by atoms with E-state index in [1.165, 1.54) is 6.07 Å². The first-order valence-electron chi connectivity index (χ1n) is 6.71. The number of halogens is 1. The second-order valence-electron chi connectivity index (χ2n) is 4.99. The van der Waals surface area contributed by atoms with E-state index in [0.29, 0.717) is 12.5 Å². The van der Waals surface area contributed by atoms with Crippen LogP contribution in [0.1, 0.15) is 39.2 Å².